The molecule has 3 amide bonds. The van der Waals surface area contributed by atoms with Crippen molar-refractivity contribution in [3.8, 4) is 0 Å². The first-order chi connectivity index (χ1) is 12.1. The van der Waals surface area contributed by atoms with E-state index in [9.17, 15) is 14.4 Å². The van der Waals surface area contributed by atoms with Gasteiger partial charge in [-0.05, 0) is 30.7 Å². The normalized spacial score (nSPS) is 16.2. The van der Waals surface area contributed by atoms with E-state index >= 15 is 0 Å². The molecule has 25 heavy (non-hydrogen) atoms. The number of imide groups is 1. The third-order valence-corrected chi connectivity index (χ3v) is 4.89. The van der Waals surface area contributed by atoms with Crippen molar-refractivity contribution < 1.29 is 14.4 Å². The Morgan fingerprint density at radius 2 is 1.68 bits per heavy atom. The lowest BCUT2D eigenvalue weighted by atomic mass is 10.1. The molecule has 128 valence electrons. The fourth-order valence-corrected chi connectivity index (χ4v) is 3.52. The average molecular weight is 337 g/mol. The summed E-state index contributed by atoms with van der Waals surface area (Å²) in [5, 5.41) is 0. The topological polar surface area (TPSA) is 62.6 Å². The molecule has 0 unspecified atom stereocenters. The lowest BCUT2D eigenvalue weighted by Gasteiger charge is -2.29. The van der Waals surface area contributed by atoms with Crippen molar-refractivity contribution in [2.24, 2.45) is 0 Å². The van der Waals surface area contributed by atoms with Crippen molar-refractivity contribution in [1.29, 1.82) is 0 Å². The fraction of sp³-hybridized carbons (Fsp3) is 0.316. The van der Waals surface area contributed by atoms with Crippen LogP contribution in [-0.2, 0) is 17.9 Å². The molecule has 0 atom stereocenters. The fourth-order valence-electron chi connectivity index (χ4n) is 3.52. The van der Waals surface area contributed by atoms with E-state index in [4.69, 9.17) is 0 Å². The van der Waals surface area contributed by atoms with Crippen LogP contribution in [0.3, 0.4) is 0 Å². The summed E-state index contributed by atoms with van der Waals surface area (Å²) in [7, 11) is 0. The second kappa shape index (κ2) is 6.20. The molecule has 2 aromatic rings. The molecule has 2 aliphatic rings. The minimum atomic E-state index is -0.260. The standard InChI is InChI=1S/C19H19N3O3/c23-17(21-12-11-20-9-3-5-14(20)13-21)8-4-10-22-18(24)15-6-1-2-7-16(15)19(22)25/h1-3,5-7,9H,4,8,10-13H2. The lowest BCUT2D eigenvalue weighted by Crippen LogP contribution is -2.38. The van der Waals surface area contributed by atoms with Crippen LogP contribution in [-0.4, -0.2) is 45.2 Å². The Labute approximate surface area is 145 Å². The Hall–Kier alpha value is -2.89. The molecule has 1 aromatic heterocycles. The molecule has 0 radical (unpaired) electrons. The third kappa shape index (κ3) is 2.73. The van der Waals surface area contributed by atoms with Crippen molar-refractivity contribution in [2.75, 3.05) is 13.1 Å². The van der Waals surface area contributed by atoms with Crippen LogP contribution in [0, 0.1) is 0 Å². The zero-order valence-corrected chi connectivity index (χ0v) is 13.9. The van der Waals surface area contributed by atoms with Gasteiger partial charge in [0.2, 0.25) is 5.91 Å². The predicted octanol–water partition coefficient (Wildman–Crippen LogP) is 1.91. The van der Waals surface area contributed by atoms with E-state index in [0.29, 0.717) is 37.1 Å². The maximum absolute atomic E-state index is 12.4. The largest absolute Gasteiger partial charge is 0.348 e. The molecular formula is C19H19N3O3. The SMILES string of the molecule is O=C(CCCN1C(=O)c2ccccc2C1=O)N1CCn2cccc2C1. The van der Waals surface area contributed by atoms with Gasteiger partial charge < -0.3 is 9.47 Å². The molecule has 0 fully saturated rings. The summed E-state index contributed by atoms with van der Waals surface area (Å²) >= 11 is 0. The summed E-state index contributed by atoms with van der Waals surface area (Å²) in [5.74, 6) is -0.447. The quantitative estimate of drug-likeness (QED) is 0.801. The van der Waals surface area contributed by atoms with Crippen molar-refractivity contribution >= 4 is 17.7 Å². The first-order valence-corrected chi connectivity index (χ1v) is 8.52. The number of rotatable bonds is 4. The molecule has 6 nitrogen and oxygen atoms in total. The van der Waals surface area contributed by atoms with Crippen LogP contribution in [0.25, 0.3) is 0 Å². The second-order valence-corrected chi connectivity index (χ2v) is 6.42. The summed E-state index contributed by atoms with van der Waals surface area (Å²) in [4.78, 5) is 40.1. The summed E-state index contributed by atoms with van der Waals surface area (Å²) < 4.78 is 2.16. The minimum Gasteiger partial charge on any atom is -0.348 e. The number of aromatic nitrogens is 1. The van der Waals surface area contributed by atoms with Gasteiger partial charge in [-0.2, -0.15) is 0 Å². The van der Waals surface area contributed by atoms with Gasteiger partial charge in [-0.15, -0.1) is 0 Å². The van der Waals surface area contributed by atoms with Crippen molar-refractivity contribution in [3.05, 3.63) is 59.4 Å². The first kappa shape index (κ1) is 15.6. The van der Waals surface area contributed by atoms with Gasteiger partial charge in [-0.3, -0.25) is 19.3 Å². The van der Waals surface area contributed by atoms with Crippen LogP contribution in [0.1, 0.15) is 39.3 Å². The second-order valence-electron chi connectivity index (χ2n) is 6.42. The zero-order valence-electron chi connectivity index (χ0n) is 13.9. The molecular weight excluding hydrogens is 318 g/mol. The monoisotopic (exact) mass is 337 g/mol. The smallest absolute Gasteiger partial charge is 0.261 e. The molecule has 0 bridgehead atoms. The van der Waals surface area contributed by atoms with Gasteiger partial charge in [-0.25, -0.2) is 0 Å². The first-order valence-electron chi connectivity index (χ1n) is 8.52. The van der Waals surface area contributed by atoms with Crippen molar-refractivity contribution in [1.82, 2.24) is 14.4 Å². The molecule has 1 aromatic carbocycles. The molecule has 0 saturated heterocycles. The van der Waals surface area contributed by atoms with Gasteiger partial charge in [0.05, 0.1) is 17.7 Å². The average Bonchev–Trinajstić information content (AvgIpc) is 3.20. The van der Waals surface area contributed by atoms with Crippen molar-refractivity contribution in [3.63, 3.8) is 0 Å². The highest BCUT2D eigenvalue weighted by atomic mass is 16.2. The van der Waals surface area contributed by atoms with E-state index in [1.165, 1.54) is 4.90 Å². The molecule has 0 saturated carbocycles. The number of carbonyl (C=O) groups is 3. The maximum atomic E-state index is 12.4. The van der Waals surface area contributed by atoms with E-state index < -0.39 is 0 Å². The molecule has 6 heteroatoms. The van der Waals surface area contributed by atoms with E-state index in [0.717, 1.165) is 12.2 Å². The molecule has 0 aliphatic carbocycles. The Morgan fingerprint density at radius 3 is 2.40 bits per heavy atom. The van der Waals surface area contributed by atoms with Gasteiger partial charge >= 0.3 is 0 Å². The lowest BCUT2D eigenvalue weighted by molar-refractivity contribution is -0.132. The molecule has 2 aliphatic heterocycles. The Balaban J connectivity index is 1.32. The number of fused-ring (bicyclic) bond motifs is 2. The van der Waals surface area contributed by atoms with Gasteiger partial charge in [0.15, 0.2) is 0 Å². The van der Waals surface area contributed by atoms with Crippen LogP contribution in [0.15, 0.2) is 42.6 Å². The van der Waals surface area contributed by atoms with Gasteiger partial charge in [0.25, 0.3) is 11.8 Å². The highest BCUT2D eigenvalue weighted by Gasteiger charge is 2.34. The molecule has 0 N–H and O–H groups in total. The third-order valence-electron chi connectivity index (χ3n) is 4.89. The summed E-state index contributed by atoms with van der Waals surface area (Å²) in [6, 6.07) is 10.9. The number of carbonyl (C=O) groups excluding carboxylic acids is 3. The molecule has 0 spiro atoms. The number of benzene rings is 1. The minimum absolute atomic E-state index is 0.0732. The Bertz CT molecular complexity index is 820. The summed E-state index contributed by atoms with van der Waals surface area (Å²) in [5.41, 5.74) is 2.05. The van der Waals surface area contributed by atoms with Gasteiger partial charge in [-0.1, -0.05) is 12.1 Å². The maximum Gasteiger partial charge on any atom is 0.261 e. The van der Waals surface area contributed by atoms with Gasteiger partial charge in [0.1, 0.15) is 0 Å². The summed E-state index contributed by atoms with van der Waals surface area (Å²) in [6.45, 7) is 2.42. The molecule has 4 rings (SSSR count). The van der Waals surface area contributed by atoms with Crippen molar-refractivity contribution in [2.45, 2.75) is 25.9 Å². The predicted molar refractivity (Wildman–Crippen MR) is 90.9 cm³/mol. The van der Waals surface area contributed by atoms with E-state index in [2.05, 4.69) is 4.57 Å². The number of amides is 3. The highest BCUT2D eigenvalue weighted by molar-refractivity contribution is 6.21. The van der Waals surface area contributed by atoms with Crippen LogP contribution in [0.5, 0.6) is 0 Å². The van der Waals surface area contributed by atoms with Crippen LogP contribution in [0.4, 0.5) is 0 Å². The Kier molecular flexibility index (Phi) is 3.87. The number of hydrogen-bond donors (Lipinski definition) is 0. The molecule has 3 heterocycles. The van der Waals surface area contributed by atoms with Crippen LogP contribution < -0.4 is 0 Å². The summed E-state index contributed by atoms with van der Waals surface area (Å²) in [6.07, 6.45) is 2.86. The highest BCUT2D eigenvalue weighted by Crippen LogP contribution is 2.23. The van der Waals surface area contributed by atoms with Crippen LogP contribution >= 0.6 is 0 Å². The van der Waals surface area contributed by atoms with Gasteiger partial charge in [0, 0.05) is 37.9 Å². The number of hydrogen-bond acceptors (Lipinski definition) is 3. The van der Waals surface area contributed by atoms with Crippen LogP contribution in [0.2, 0.25) is 0 Å². The number of nitrogens with zero attached hydrogens (tertiary/aromatic N) is 3. The van der Waals surface area contributed by atoms with E-state index in [-0.39, 0.29) is 24.3 Å². The van der Waals surface area contributed by atoms with E-state index in [1.54, 1.807) is 24.3 Å². The Morgan fingerprint density at radius 1 is 0.960 bits per heavy atom. The zero-order chi connectivity index (χ0) is 17.4. The van der Waals surface area contributed by atoms with E-state index in [1.807, 2.05) is 23.2 Å².